The molecule has 1 saturated heterocycles. The number of piperidine rings is 1. The lowest BCUT2D eigenvalue weighted by molar-refractivity contribution is 0.0525. The minimum Gasteiger partial charge on any atom is -0.462 e. The van der Waals surface area contributed by atoms with Crippen molar-refractivity contribution in [1.82, 2.24) is 15.2 Å². The van der Waals surface area contributed by atoms with Crippen LogP contribution in [0.5, 0.6) is 0 Å². The number of hydrogen-bond acceptors (Lipinski definition) is 4. The Kier molecular flexibility index (Phi) is 7.09. The first-order valence-corrected chi connectivity index (χ1v) is 10.4. The van der Waals surface area contributed by atoms with Gasteiger partial charge in [0.1, 0.15) is 5.69 Å². The number of nitrogens with one attached hydrogen (secondary N) is 2. The van der Waals surface area contributed by atoms with Crippen molar-refractivity contribution >= 4 is 11.9 Å². The molecular weight excluding hydrogens is 366 g/mol. The summed E-state index contributed by atoms with van der Waals surface area (Å²) in [7, 11) is 0. The van der Waals surface area contributed by atoms with Gasteiger partial charge in [0.05, 0.1) is 12.2 Å². The molecule has 0 radical (unpaired) electrons. The highest BCUT2D eigenvalue weighted by Gasteiger charge is 2.26. The predicted octanol–water partition coefficient (Wildman–Crippen LogP) is 3.25. The lowest BCUT2D eigenvalue weighted by Crippen LogP contribution is -2.48. The van der Waals surface area contributed by atoms with Crippen LogP contribution in [-0.4, -0.2) is 54.0 Å². The van der Waals surface area contributed by atoms with Crippen molar-refractivity contribution < 1.29 is 14.3 Å². The van der Waals surface area contributed by atoms with E-state index in [9.17, 15) is 9.59 Å². The molecule has 156 valence electrons. The van der Waals surface area contributed by atoms with E-state index in [2.05, 4.69) is 39.5 Å². The van der Waals surface area contributed by atoms with E-state index >= 15 is 0 Å². The fraction of sp³-hybridized carbons (Fsp3) is 0.478. The number of likely N-dealkylation sites (tertiary alicyclic amines) is 1. The van der Waals surface area contributed by atoms with Crippen molar-refractivity contribution in [2.45, 2.75) is 46.1 Å². The van der Waals surface area contributed by atoms with Gasteiger partial charge in [-0.2, -0.15) is 0 Å². The molecule has 0 saturated carbocycles. The van der Waals surface area contributed by atoms with Gasteiger partial charge in [-0.3, -0.25) is 4.79 Å². The van der Waals surface area contributed by atoms with Crippen molar-refractivity contribution in [3.63, 3.8) is 0 Å². The van der Waals surface area contributed by atoms with Crippen LogP contribution < -0.4 is 5.32 Å². The van der Waals surface area contributed by atoms with Gasteiger partial charge in [0.2, 0.25) is 0 Å². The van der Waals surface area contributed by atoms with Crippen LogP contribution in [0, 0.1) is 13.8 Å². The number of H-pyrrole nitrogens is 1. The molecule has 1 amide bonds. The zero-order valence-electron chi connectivity index (χ0n) is 17.6. The number of carbonyl (C=O) groups excluding carboxylic acids is 2. The molecule has 1 fully saturated rings. The van der Waals surface area contributed by atoms with Crippen molar-refractivity contribution in [2.75, 3.05) is 26.2 Å². The molecule has 0 bridgehead atoms. The molecule has 0 unspecified atom stereocenters. The zero-order valence-corrected chi connectivity index (χ0v) is 17.6. The van der Waals surface area contributed by atoms with E-state index in [-0.39, 0.29) is 17.9 Å². The summed E-state index contributed by atoms with van der Waals surface area (Å²) in [5.41, 5.74) is 3.56. The number of benzene rings is 1. The summed E-state index contributed by atoms with van der Waals surface area (Å²) in [5, 5.41) is 3.15. The molecule has 2 N–H and O–H groups in total. The van der Waals surface area contributed by atoms with Gasteiger partial charge in [-0.05, 0) is 57.7 Å². The minimum atomic E-state index is -0.387. The molecule has 1 aromatic heterocycles. The summed E-state index contributed by atoms with van der Waals surface area (Å²) < 4.78 is 5.11. The van der Waals surface area contributed by atoms with E-state index in [4.69, 9.17) is 4.74 Å². The summed E-state index contributed by atoms with van der Waals surface area (Å²) in [6.07, 6.45) is 3.05. The van der Waals surface area contributed by atoms with Crippen LogP contribution in [0.2, 0.25) is 0 Å². The van der Waals surface area contributed by atoms with Crippen LogP contribution in [0.1, 0.15) is 57.4 Å². The lowest BCUT2D eigenvalue weighted by atomic mass is 10.0. The fourth-order valence-corrected chi connectivity index (χ4v) is 4.05. The fourth-order valence-electron chi connectivity index (χ4n) is 4.05. The number of rotatable bonds is 7. The molecule has 0 spiro atoms. The smallest absolute Gasteiger partial charge is 0.340 e. The Morgan fingerprint density at radius 3 is 2.72 bits per heavy atom. The topological polar surface area (TPSA) is 74.4 Å². The Balaban J connectivity index is 1.59. The van der Waals surface area contributed by atoms with E-state index in [0.29, 0.717) is 29.1 Å². The van der Waals surface area contributed by atoms with Crippen molar-refractivity contribution in [2.24, 2.45) is 0 Å². The standard InChI is InChI=1S/C23H31N3O3/c1-4-29-23(28)20-16(2)21(24-17(20)3)22(27)25-19-11-8-13-26(15-19)14-12-18-9-6-5-7-10-18/h5-7,9-10,19,24H,4,8,11-15H2,1-3H3,(H,25,27)/t19-/m0/s1. The van der Waals surface area contributed by atoms with Gasteiger partial charge in [0, 0.05) is 24.8 Å². The summed E-state index contributed by atoms with van der Waals surface area (Å²) >= 11 is 0. The number of hydrogen-bond donors (Lipinski definition) is 2. The maximum Gasteiger partial charge on any atom is 0.340 e. The van der Waals surface area contributed by atoms with Crippen molar-refractivity contribution in [3.8, 4) is 0 Å². The van der Waals surface area contributed by atoms with Gasteiger partial charge in [-0.15, -0.1) is 0 Å². The average molecular weight is 398 g/mol. The van der Waals surface area contributed by atoms with Gasteiger partial charge in [-0.1, -0.05) is 30.3 Å². The van der Waals surface area contributed by atoms with Crippen LogP contribution in [0.3, 0.4) is 0 Å². The van der Waals surface area contributed by atoms with E-state index in [1.165, 1.54) is 5.56 Å². The van der Waals surface area contributed by atoms with Gasteiger partial charge in [0.25, 0.3) is 5.91 Å². The lowest BCUT2D eigenvalue weighted by Gasteiger charge is -2.33. The van der Waals surface area contributed by atoms with E-state index in [1.54, 1.807) is 20.8 Å². The first-order valence-electron chi connectivity index (χ1n) is 10.4. The number of aryl methyl sites for hydroxylation is 1. The Morgan fingerprint density at radius 2 is 2.00 bits per heavy atom. The monoisotopic (exact) mass is 397 g/mol. The Hall–Kier alpha value is -2.60. The molecule has 6 heteroatoms. The average Bonchev–Trinajstić information content (AvgIpc) is 3.02. The number of nitrogens with zero attached hydrogens (tertiary/aromatic N) is 1. The van der Waals surface area contributed by atoms with Crippen LogP contribution in [-0.2, 0) is 11.2 Å². The first-order chi connectivity index (χ1) is 14.0. The van der Waals surface area contributed by atoms with Crippen molar-refractivity contribution in [3.05, 3.63) is 58.4 Å². The molecule has 1 aliphatic rings. The number of ether oxygens (including phenoxy) is 1. The molecule has 2 aromatic rings. The predicted molar refractivity (Wildman–Crippen MR) is 113 cm³/mol. The van der Waals surface area contributed by atoms with Gasteiger partial charge in [0.15, 0.2) is 0 Å². The maximum absolute atomic E-state index is 12.9. The Bertz CT molecular complexity index is 845. The number of carbonyl (C=O) groups is 2. The number of amides is 1. The second kappa shape index (κ2) is 9.74. The SMILES string of the molecule is CCOC(=O)c1c(C)[nH]c(C(=O)N[C@H]2CCCN(CCc3ccccc3)C2)c1C. The quantitative estimate of drug-likeness (QED) is 0.704. The number of aromatic nitrogens is 1. The highest BCUT2D eigenvalue weighted by molar-refractivity contribution is 6.00. The molecule has 6 nitrogen and oxygen atoms in total. The summed E-state index contributed by atoms with van der Waals surface area (Å²) in [6.45, 7) is 8.57. The van der Waals surface area contributed by atoms with E-state index in [1.807, 2.05) is 6.07 Å². The van der Waals surface area contributed by atoms with E-state index in [0.717, 1.165) is 38.9 Å². The van der Waals surface area contributed by atoms with Crippen LogP contribution in [0.4, 0.5) is 0 Å². The second-order valence-corrected chi connectivity index (χ2v) is 7.69. The van der Waals surface area contributed by atoms with Gasteiger partial charge < -0.3 is 19.9 Å². The normalized spacial score (nSPS) is 17.1. The molecule has 1 aliphatic heterocycles. The van der Waals surface area contributed by atoms with Gasteiger partial charge in [-0.25, -0.2) is 4.79 Å². The highest BCUT2D eigenvalue weighted by atomic mass is 16.5. The molecular formula is C23H31N3O3. The first kappa shape index (κ1) is 21.1. The third-order valence-corrected chi connectivity index (χ3v) is 5.54. The van der Waals surface area contributed by atoms with Gasteiger partial charge >= 0.3 is 5.97 Å². The molecule has 1 atom stereocenters. The third kappa shape index (κ3) is 5.26. The largest absolute Gasteiger partial charge is 0.462 e. The molecule has 1 aromatic carbocycles. The van der Waals surface area contributed by atoms with Crippen LogP contribution in [0.25, 0.3) is 0 Å². The number of esters is 1. The third-order valence-electron chi connectivity index (χ3n) is 5.54. The molecule has 2 heterocycles. The number of aromatic amines is 1. The highest BCUT2D eigenvalue weighted by Crippen LogP contribution is 2.20. The van der Waals surface area contributed by atoms with Crippen molar-refractivity contribution in [1.29, 1.82) is 0 Å². The summed E-state index contributed by atoms with van der Waals surface area (Å²) in [4.78, 5) is 30.5. The maximum atomic E-state index is 12.9. The molecule has 0 aliphatic carbocycles. The Morgan fingerprint density at radius 1 is 1.24 bits per heavy atom. The van der Waals surface area contributed by atoms with Crippen LogP contribution in [0.15, 0.2) is 30.3 Å². The van der Waals surface area contributed by atoms with E-state index < -0.39 is 0 Å². The minimum absolute atomic E-state index is 0.112. The summed E-state index contributed by atoms with van der Waals surface area (Å²) in [6, 6.07) is 10.6. The summed E-state index contributed by atoms with van der Waals surface area (Å²) in [5.74, 6) is -0.543. The Labute approximate surface area is 172 Å². The zero-order chi connectivity index (χ0) is 20.8. The molecule has 29 heavy (non-hydrogen) atoms. The van der Waals surface area contributed by atoms with Crippen LogP contribution >= 0.6 is 0 Å². The molecule has 3 rings (SSSR count). The second-order valence-electron chi connectivity index (χ2n) is 7.69.